The molecule has 1 saturated carbocycles. The lowest BCUT2D eigenvalue weighted by atomic mass is 9.87. The van der Waals surface area contributed by atoms with Gasteiger partial charge < -0.3 is 20.7 Å². The molecule has 1 aliphatic carbocycles. The third kappa shape index (κ3) is 6.27. The molecule has 12 heteroatoms. The molecule has 2 fully saturated rings. The van der Waals surface area contributed by atoms with E-state index in [9.17, 15) is 10.1 Å². The van der Waals surface area contributed by atoms with Gasteiger partial charge in [-0.3, -0.25) is 9.58 Å². The van der Waals surface area contributed by atoms with E-state index in [0.29, 0.717) is 55.7 Å². The Balaban J connectivity index is 1.35. The molecule has 1 aliphatic heterocycles. The first-order valence-corrected chi connectivity index (χ1v) is 14.5. The Morgan fingerprint density at radius 2 is 1.88 bits per heavy atom. The average Bonchev–Trinajstić information content (AvgIpc) is 3.45. The molecule has 3 N–H and O–H groups in total. The maximum absolute atomic E-state index is 14.1. The van der Waals surface area contributed by atoms with E-state index in [-0.39, 0.29) is 12.1 Å². The van der Waals surface area contributed by atoms with Gasteiger partial charge in [-0.1, -0.05) is 36.8 Å². The SMILES string of the molecule is Cn1cc(-c2ccc(N(C(=O)NCc3ccccc3)C3(Nc4ncc(C#N)c(NC5COC5)n4)CCCCC3)nc2)cn1. The topological polar surface area (TPSA) is 146 Å². The highest BCUT2D eigenvalue weighted by atomic mass is 16.5. The fourth-order valence-electron chi connectivity index (χ4n) is 5.53. The van der Waals surface area contributed by atoms with E-state index in [0.717, 1.165) is 36.0 Å². The second-order valence-electron chi connectivity index (χ2n) is 11.0. The zero-order chi connectivity index (χ0) is 29.6. The molecule has 4 heterocycles. The number of ether oxygens (including phenoxy) is 1. The molecule has 43 heavy (non-hydrogen) atoms. The standard InChI is InChI=1S/C31H34N10O2/c1-40-19-25(18-36-40)23-10-11-27(33-16-23)41(30(42)35-15-22-8-4-2-5-9-22)31(12-6-3-7-13-31)39-29-34-17-24(14-32)28(38-29)37-26-20-43-21-26/h2,4-5,8-11,16-19,26H,3,6-7,12-13,15,20-21H2,1H3,(H,35,42)(H2,34,37,38,39). The summed E-state index contributed by atoms with van der Waals surface area (Å²) in [4.78, 5) is 29.8. The van der Waals surface area contributed by atoms with Crippen molar-refractivity contribution in [3.8, 4) is 17.2 Å². The van der Waals surface area contributed by atoms with Crippen molar-refractivity contribution in [2.45, 2.75) is 50.4 Å². The van der Waals surface area contributed by atoms with Crippen LogP contribution in [0.2, 0.25) is 0 Å². The Kier molecular flexibility index (Phi) is 8.15. The second-order valence-corrected chi connectivity index (χ2v) is 11.0. The molecule has 0 atom stereocenters. The van der Waals surface area contributed by atoms with E-state index in [1.165, 1.54) is 6.20 Å². The van der Waals surface area contributed by atoms with Gasteiger partial charge in [-0.2, -0.15) is 15.3 Å². The number of hydrogen-bond acceptors (Lipinski definition) is 9. The number of nitriles is 1. The highest BCUT2D eigenvalue weighted by molar-refractivity contribution is 5.93. The first-order valence-electron chi connectivity index (χ1n) is 14.5. The Bertz CT molecular complexity index is 1590. The van der Waals surface area contributed by atoms with Gasteiger partial charge in [0, 0.05) is 37.1 Å². The number of carbonyl (C=O) groups excluding carboxylic acids is 1. The number of anilines is 3. The maximum Gasteiger partial charge on any atom is 0.325 e. The number of rotatable bonds is 9. The molecule has 0 spiro atoms. The van der Waals surface area contributed by atoms with Gasteiger partial charge in [0.05, 0.1) is 31.6 Å². The van der Waals surface area contributed by atoms with Crippen molar-refractivity contribution >= 4 is 23.6 Å². The van der Waals surface area contributed by atoms with Gasteiger partial charge in [0.25, 0.3) is 0 Å². The molecule has 0 radical (unpaired) electrons. The molecule has 1 saturated heterocycles. The first kappa shape index (κ1) is 28.1. The third-order valence-corrected chi connectivity index (χ3v) is 7.85. The van der Waals surface area contributed by atoms with E-state index in [4.69, 9.17) is 14.7 Å². The third-order valence-electron chi connectivity index (χ3n) is 7.85. The van der Waals surface area contributed by atoms with Crippen LogP contribution in [-0.2, 0) is 18.3 Å². The molecule has 0 bridgehead atoms. The van der Waals surface area contributed by atoms with Crippen LogP contribution in [0.4, 0.5) is 22.4 Å². The van der Waals surface area contributed by atoms with Crippen LogP contribution in [0.5, 0.6) is 0 Å². The summed E-state index contributed by atoms with van der Waals surface area (Å²) in [6, 6.07) is 15.6. The summed E-state index contributed by atoms with van der Waals surface area (Å²) in [7, 11) is 1.87. The molecule has 2 amide bonds. The summed E-state index contributed by atoms with van der Waals surface area (Å²) < 4.78 is 7.02. The van der Waals surface area contributed by atoms with Crippen molar-refractivity contribution in [2.75, 3.05) is 28.7 Å². The van der Waals surface area contributed by atoms with Crippen molar-refractivity contribution in [3.63, 3.8) is 0 Å². The smallest absolute Gasteiger partial charge is 0.325 e. The minimum atomic E-state index is -0.854. The molecule has 220 valence electrons. The van der Waals surface area contributed by atoms with E-state index in [1.807, 2.05) is 55.7 Å². The Hall–Kier alpha value is -5.02. The fraction of sp³-hybridized carbons (Fsp3) is 0.355. The van der Waals surface area contributed by atoms with E-state index in [1.54, 1.807) is 22.0 Å². The lowest BCUT2D eigenvalue weighted by molar-refractivity contribution is 0.0209. The number of hydrogen-bond donors (Lipinski definition) is 3. The predicted molar refractivity (Wildman–Crippen MR) is 162 cm³/mol. The van der Waals surface area contributed by atoms with Crippen LogP contribution in [0.3, 0.4) is 0 Å². The van der Waals surface area contributed by atoms with Crippen LogP contribution in [0.15, 0.2) is 67.3 Å². The summed E-state index contributed by atoms with van der Waals surface area (Å²) >= 11 is 0. The Labute approximate surface area is 250 Å². The van der Waals surface area contributed by atoms with Gasteiger partial charge in [-0.05, 0) is 43.4 Å². The van der Waals surface area contributed by atoms with E-state index in [2.05, 4.69) is 32.1 Å². The Morgan fingerprint density at radius 3 is 2.53 bits per heavy atom. The summed E-state index contributed by atoms with van der Waals surface area (Å²) in [5.41, 5.74) is 2.33. The predicted octanol–water partition coefficient (Wildman–Crippen LogP) is 4.44. The molecule has 0 unspecified atom stereocenters. The van der Waals surface area contributed by atoms with Crippen LogP contribution in [0.25, 0.3) is 11.1 Å². The van der Waals surface area contributed by atoms with Gasteiger partial charge in [0.15, 0.2) is 0 Å². The molecular formula is C31H34N10O2. The molecule has 3 aromatic heterocycles. The van der Waals surface area contributed by atoms with Crippen molar-refractivity contribution in [3.05, 3.63) is 78.4 Å². The monoisotopic (exact) mass is 578 g/mol. The van der Waals surface area contributed by atoms with Crippen LogP contribution in [0.1, 0.15) is 43.2 Å². The fourth-order valence-corrected chi connectivity index (χ4v) is 5.53. The van der Waals surface area contributed by atoms with E-state index >= 15 is 0 Å². The van der Waals surface area contributed by atoms with Crippen LogP contribution in [0, 0.1) is 11.3 Å². The summed E-state index contributed by atoms with van der Waals surface area (Å²) in [6.45, 7) is 1.47. The van der Waals surface area contributed by atoms with E-state index < -0.39 is 5.66 Å². The summed E-state index contributed by atoms with van der Waals surface area (Å²) in [6.07, 6.45) is 11.2. The first-order chi connectivity index (χ1) is 21.0. The molecule has 6 rings (SSSR count). The lowest BCUT2D eigenvalue weighted by Gasteiger charge is -2.46. The summed E-state index contributed by atoms with van der Waals surface area (Å²) in [5.74, 6) is 1.28. The van der Waals surface area contributed by atoms with Gasteiger partial charge in [-0.15, -0.1) is 0 Å². The second kappa shape index (κ2) is 12.5. The normalized spacial score (nSPS) is 16.0. The molecule has 1 aromatic carbocycles. The van der Waals surface area contributed by atoms with Crippen molar-refractivity contribution < 1.29 is 9.53 Å². The van der Waals surface area contributed by atoms with Gasteiger partial charge >= 0.3 is 6.03 Å². The number of benzene rings is 1. The quantitative estimate of drug-likeness (QED) is 0.245. The number of nitrogens with one attached hydrogen (secondary N) is 3. The van der Waals surface area contributed by atoms with Crippen molar-refractivity contribution in [1.29, 1.82) is 5.26 Å². The molecule has 4 aromatic rings. The average molecular weight is 579 g/mol. The number of nitrogens with zero attached hydrogens (tertiary/aromatic N) is 7. The van der Waals surface area contributed by atoms with Gasteiger partial charge in [0.1, 0.15) is 28.9 Å². The number of amides is 2. The molecule has 12 nitrogen and oxygen atoms in total. The maximum atomic E-state index is 14.1. The highest BCUT2D eigenvalue weighted by Gasteiger charge is 2.43. The van der Waals surface area contributed by atoms with Crippen molar-refractivity contribution in [1.82, 2.24) is 30.0 Å². The zero-order valence-electron chi connectivity index (χ0n) is 24.0. The number of carbonyl (C=O) groups is 1. The van der Waals surface area contributed by atoms with Gasteiger partial charge in [-0.25, -0.2) is 14.8 Å². The van der Waals surface area contributed by atoms with Crippen LogP contribution in [-0.4, -0.2) is 55.7 Å². The van der Waals surface area contributed by atoms with Gasteiger partial charge in [0.2, 0.25) is 5.95 Å². The van der Waals surface area contributed by atoms with Crippen LogP contribution >= 0.6 is 0 Å². The zero-order valence-corrected chi connectivity index (χ0v) is 24.0. The minimum absolute atomic E-state index is 0.0845. The highest BCUT2D eigenvalue weighted by Crippen LogP contribution is 2.37. The number of aromatic nitrogens is 5. The van der Waals surface area contributed by atoms with Crippen LogP contribution < -0.4 is 20.9 Å². The minimum Gasteiger partial charge on any atom is -0.377 e. The number of aryl methyl sites for hydroxylation is 1. The Morgan fingerprint density at radius 1 is 1.07 bits per heavy atom. The largest absolute Gasteiger partial charge is 0.377 e. The van der Waals surface area contributed by atoms with Crippen molar-refractivity contribution in [2.24, 2.45) is 7.05 Å². The molecule has 2 aliphatic rings. The number of pyridine rings is 1. The summed E-state index contributed by atoms with van der Waals surface area (Å²) in [5, 5.41) is 23.8. The molecular weight excluding hydrogens is 544 g/mol. The number of urea groups is 1. The lowest BCUT2D eigenvalue weighted by Crippen LogP contribution is -2.61.